The van der Waals surface area contributed by atoms with Crippen LogP contribution >= 0.6 is 0 Å². The maximum absolute atomic E-state index is 5.84. The van der Waals surface area contributed by atoms with E-state index in [1.807, 2.05) is 0 Å². The van der Waals surface area contributed by atoms with Gasteiger partial charge in [0.2, 0.25) is 0 Å². The SMILES string of the molecule is CCc1ccc(-c2cc(CN)c3c(c2)CCO3)cc1. The maximum Gasteiger partial charge on any atom is 0.127 e. The number of nitrogens with two attached hydrogens (primary N) is 1. The van der Waals surface area contributed by atoms with Crippen molar-refractivity contribution >= 4 is 0 Å². The number of ether oxygens (including phenoxy) is 1. The van der Waals surface area contributed by atoms with Crippen molar-refractivity contribution in [2.45, 2.75) is 26.3 Å². The summed E-state index contributed by atoms with van der Waals surface area (Å²) in [6.45, 7) is 3.48. The van der Waals surface area contributed by atoms with Gasteiger partial charge in [0.15, 0.2) is 0 Å². The molecule has 0 aliphatic carbocycles. The van der Waals surface area contributed by atoms with Crippen molar-refractivity contribution in [1.82, 2.24) is 0 Å². The van der Waals surface area contributed by atoms with E-state index in [1.165, 1.54) is 22.3 Å². The van der Waals surface area contributed by atoms with Crippen molar-refractivity contribution in [3.05, 3.63) is 53.1 Å². The molecule has 0 fully saturated rings. The molecule has 2 nitrogen and oxygen atoms in total. The van der Waals surface area contributed by atoms with Gasteiger partial charge >= 0.3 is 0 Å². The summed E-state index contributed by atoms with van der Waals surface area (Å²) >= 11 is 0. The summed E-state index contributed by atoms with van der Waals surface area (Å²) in [5.41, 5.74) is 12.1. The van der Waals surface area contributed by atoms with Gasteiger partial charge in [-0.25, -0.2) is 0 Å². The summed E-state index contributed by atoms with van der Waals surface area (Å²) in [6, 6.07) is 13.2. The predicted octanol–water partition coefficient (Wildman–Crippen LogP) is 3.31. The van der Waals surface area contributed by atoms with E-state index in [9.17, 15) is 0 Å². The van der Waals surface area contributed by atoms with Crippen molar-refractivity contribution in [2.75, 3.05) is 6.61 Å². The lowest BCUT2D eigenvalue weighted by Gasteiger charge is -2.10. The minimum absolute atomic E-state index is 0.531. The molecule has 1 aliphatic heterocycles. The lowest BCUT2D eigenvalue weighted by atomic mass is 9.97. The maximum atomic E-state index is 5.84. The molecule has 3 rings (SSSR count). The largest absolute Gasteiger partial charge is 0.493 e. The zero-order valence-electron chi connectivity index (χ0n) is 11.3. The second-order valence-electron chi connectivity index (χ2n) is 4.98. The van der Waals surface area contributed by atoms with E-state index in [2.05, 4.69) is 43.3 Å². The molecule has 0 aromatic heterocycles. The van der Waals surface area contributed by atoms with Gasteiger partial charge in [-0.3, -0.25) is 0 Å². The first-order chi connectivity index (χ1) is 9.31. The van der Waals surface area contributed by atoms with E-state index in [1.54, 1.807) is 0 Å². The zero-order chi connectivity index (χ0) is 13.2. The van der Waals surface area contributed by atoms with Crippen LogP contribution in [0.25, 0.3) is 11.1 Å². The fraction of sp³-hybridized carbons (Fsp3) is 0.294. The first-order valence-corrected chi connectivity index (χ1v) is 6.89. The van der Waals surface area contributed by atoms with Crippen molar-refractivity contribution in [1.29, 1.82) is 0 Å². The predicted molar refractivity (Wildman–Crippen MR) is 78.3 cm³/mol. The van der Waals surface area contributed by atoms with E-state index >= 15 is 0 Å². The summed E-state index contributed by atoms with van der Waals surface area (Å²) in [4.78, 5) is 0. The Labute approximate surface area is 114 Å². The van der Waals surface area contributed by atoms with Gasteiger partial charge in [0.1, 0.15) is 5.75 Å². The Hall–Kier alpha value is -1.80. The van der Waals surface area contributed by atoms with E-state index in [-0.39, 0.29) is 0 Å². The van der Waals surface area contributed by atoms with Crippen LogP contribution in [0.2, 0.25) is 0 Å². The first-order valence-electron chi connectivity index (χ1n) is 6.89. The molecule has 2 N–H and O–H groups in total. The van der Waals surface area contributed by atoms with Crippen LogP contribution in [0.15, 0.2) is 36.4 Å². The molecule has 0 bridgehead atoms. The van der Waals surface area contributed by atoms with Gasteiger partial charge < -0.3 is 10.5 Å². The molecule has 1 aliphatic rings. The topological polar surface area (TPSA) is 35.2 Å². The quantitative estimate of drug-likeness (QED) is 0.910. The molecule has 0 radical (unpaired) electrons. The Morgan fingerprint density at radius 1 is 1.11 bits per heavy atom. The van der Waals surface area contributed by atoms with Crippen molar-refractivity contribution in [3.63, 3.8) is 0 Å². The summed E-state index contributed by atoms with van der Waals surface area (Å²) in [5.74, 6) is 1.01. The summed E-state index contributed by atoms with van der Waals surface area (Å²) < 4.78 is 5.67. The number of rotatable bonds is 3. The summed E-state index contributed by atoms with van der Waals surface area (Å²) in [6.07, 6.45) is 2.07. The highest BCUT2D eigenvalue weighted by atomic mass is 16.5. The first kappa shape index (κ1) is 12.2. The third kappa shape index (κ3) is 2.24. The van der Waals surface area contributed by atoms with E-state index in [0.29, 0.717) is 6.54 Å². The average Bonchev–Trinajstić information content (AvgIpc) is 2.94. The van der Waals surface area contributed by atoms with Gasteiger partial charge in [-0.05, 0) is 40.8 Å². The fourth-order valence-corrected chi connectivity index (χ4v) is 2.64. The Kier molecular flexibility index (Phi) is 3.26. The van der Waals surface area contributed by atoms with E-state index in [0.717, 1.165) is 30.8 Å². The molecule has 2 heteroatoms. The number of hydrogen-bond donors (Lipinski definition) is 1. The molecule has 2 aromatic carbocycles. The summed E-state index contributed by atoms with van der Waals surface area (Å²) in [7, 11) is 0. The van der Waals surface area contributed by atoms with Crippen LogP contribution in [0, 0.1) is 0 Å². The normalized spacial score (nSPS) is 13.2. The number of benzene rings is 2. The van der Waals surface area contributed by atoms with Crippen LogP contribution in [0.3, 0.4) is 0 Å². The second kappa shape index (κ2) is 5.06. The minimum Gasteiger partial charge on any atom is -0.493 e. The van der Waals surface area contributed by atoms with Crippen LogP contribution in [-0.4, -0.2) is 6.61 Å². The number of hydrogen-bond acceptors (Lipinski definition) is 2. The van der Waals surface area contributed by atoms with Crippen molar-refractivity contribution in [2.24, 2.45) is 5.73 Å². The zero-order valence-corrected chi connectivity index (χ0v) is 11.3. The molecule has 19 heavy (non-hydrogen) atoms. The average molecular weight is 253 g/mol. The highest BCUT2D eigenvalue weighted by molar-refractivity contribution is 5.68. The highest BCUT2D eigenvalue weighted by Crippen LogP contribution is 2.34. The van der Waals surface area contributed by atoms with Gasteiger partial charge in [-0.1, -0.05) is 31.2 Å². The fourth-order valence-electron chi connectivity index (χ4n) is 2.64. The molecule has 0 unspecified atom stereocenters. The Bertz CT molecular complexity index is 587. The molecular formula is C17H19NO. The molecule has 0 spiro atoms. The number of fused-ring (bicyclic) bond motifs is 1. The van der Waals surface area contributed by atoms with Crippen LogP contribution in [-0.2, 0) is 19.4 Å². The Balaban J connectivity index is 2.04. The van der Waals surface area contributed by atoms with Gasteiger partial charge in [-0.15, -0.1) is 0 Å². The molecule has 0 atom stereocenters. The summed E-state index contributed by atoms with van der Waals surface area (Å²) in [5, 5.41) is 0. The molecule has 1 heterocycles. The van der Waals surface area contributed by atoms with Crippen molar-refractivity contribution in [3.8, 4) is 16.9 Å². The van der Waals surface area contributed by atoms with Crippen LogP contribution in [0.4, 0.5) is 0 Å². The monoisotopic (exact) mass is 253 g/mol. The molecule has 0 amide bonds. The second-order valence-corrected chi connectivity index (χ2v) is 4.98. The minimum atomic E-state index is 0.531. The van der Waals surface area contributed by atoms with Gasteiger partial charge in [0, 0.05) is 18.5 Å². The standard InChI is InChI=1S/C17H19NO/c1-2-12-3-5-13(6-4-12)15-9-14-7-8-19-17(14)16(10-15)11-18/h3-6,9-10H,2,7-8,11,18H2,1H3. The molecule has 98 valence electrons. The van der Waals surface area contributed by atoms with Gasteiger partial charge in [0.25, 0.3) is 0 Å². The Morgan fingerprint density at radius 2 is 1.89 bits per heavy atom. The molecule has 0 saturated heterocycles. The van der Waals surface area contributed by atoms with E-state index in [4.69, 9.17) is 10.5 Å². The molecule has 0 saturated carbocycles. The lowest BCUT2D eigenvalue weighted by molar-refractivity contribution is 0.353. The molecular weight excluding hydrogens is 234 g/mol. The van der Waals surface area contributed by atoms with Gasteiger partial charge in [-0.2, -0.15) is 0 Å². The van der Waals surface area contributed by atoms with Crippen LogP contribution < -0.4 is 10.5 Å². The van der Waals surface area contributed by atoms with E-state index < -0.39 is 0 Å². The lowest BCUT2D eigenvalue weighted by Crippen LogP contribution is -2.00. The molecule has 2 aromatic rings. The van der Waals surface area contributed by atoms with Crippen LogP contribution in [0.1, 0.15) is 23.6 Å². The third-order valence-electron chi connectivity index (χ3n) is 3.78. The number of aryl methyl sites for hydroxylation is 1. The van der Waals surface area contributed by atoms with Gasteiger partial charge in [0.05, 0.1) is 6.61 Å². The van der Waals surface area contributed by atoms with Crippen molar-refractivity contribution < 1.29 is 4.74 Å². The Morgan fingerprint density at radius 3 is 2.58 bits per heavy atom. The smallest absolute Gasteiger partial charge is 0.127 e. The third-order valence-corrected chi connectivity index (χ3v) is 3.78. The highest BCUT2D eigenvalue weighted by Gasteiger charge is 2.17. The van der Waals surface area contributed by atoms with Crippen LogP contribution in [0.5, 0.6) is 5.75 Å².